The summed E-state index contributed by atoms with van der Waals surface area (Å²) in [4.78, 5) is 32.1. The molecule has 0 saturated heterocycles. The van der Waals surface area contributed by atoms with Crippen LogP contribution in [0.3, 0.4) is 0 Å². The van der Waals surface area contributed by atoms with Gasteiger partial charge in [-0.25, -0.2) is 0 Å². The summed E-state index contributed by atoms with van der Waals surface area (Å²) in [6, 6.07) is 14.2. The molecular formula is C25H36N2O3S. The number of carbonyl (C=O) groups is 2. The van der Waals surface area contributed by atoms with E-state index in [2.05, 4.69) is 19.1 Å². The molecular weight excluding hydrogens is 408 g/mol. The molecule has 0 radical (unpaired) electrons. The van der Waals surface area contributed by atoms with Gasteiger partial charge in [0.25, 0.3) is 0 Å². The molecule has 1 aromatic heterocycles. The molecule has 0 N–H and O–H groups in total. The molecule has 0 fully saturated rings. The molecule has 0 bridgehead atoms. The Morgan fingerprint density at radius 1 is 1.00 bits per heavy atom. The smallest absolute Gasteiger partial charge is 0.242 e. The van der Waals surface area contributed by atoms with Crippen molar-refractivity contribution in [1.29, 1.82) is 0 Å². The summed E-state index contributed by atoms with van der Waals surface area (Å²) in [5.74, 6) is 0.265. The van der Waals surface area contributed by atoms with Crippen LogP contribution in [-0.4, -0.2) is 47.9 Å². The van der Waals surface area contributed by atoms with Crippen molar-refractivity contribution in [2.24, 2.45) is 5.92 Å². The predicted octanol–water partition coefficient (Wildman–Crippen LogP) is 4.89. The van der Waals surface area contributed by atoms with E-state index in [-0.39, 0.29) is 24.3 Å². The second-order valence-corrected chi connectivity index (χ2v) is 9.58. The summed E-state index contributed by atoms with van der Waals surface area (Å²) in [6.45, 7) is 11.1. The number of aryl methyl sites for hydroxylation is 1. The van der Waals surface area contributed by atoms with Crippen molar-refractivity contribution in [1.82, 2.24) is 9.80 Å². The largest absolute Gasteiger partial charge is 0.382 e. The van der Waals surface area contributed by atoms with Gasteiger partial charge >= 0.3 is 0 Å². The molecule has 1 heterocycles. The third-order valence-corrected chi connectivity index (χ3v) is 5.88. The molecule has 0 unspecified atom stereocenters. The van der Waals surface area contributed by atoms with Crippen LogP contribution in [0.4, 0.5) is 0 Å². The predicted molar refractivity (Wildman–Crippen MR) is 127 cm³/mol. The number of hydrogen-bond acceptors (Lipinski definition) is 4. The first kappa shape index (κ1) is 25.1. The summed E-state index contributed by atoms with van der Waals surface area (Å²) in [7, 11) is 0. The number of ether oxygens (including phenoxy) is 1. The number of benzene rings is 1. The van der Waals surface area contributed by atoms with Gasteiger partial charge in [-0.05, 0) is 43.9 Å². The van der Waals surface area contributed by atoms with Crippen molar-refractivity contribution in [2.45, 2.75) is 53.6 Å². The Balaban J connectivity index is 2.12. The van der Waals surface area contributed by atoms with Gasteiger partial charge in [-0.1, -0.05) is 44.2 Å². The van der Waals surface area contributed by atoms with Crippen LogP contribution in [0.15, 0.2) is 42.5 Å². The molecule has 6 heteroatoms. The standard InChI is InChI=1S/C25H36N2O3S/c1-5-30-15-9-14-26(24(28)16-20(2)3)19-25(29)27(17-22-10-7-6-8-11-22)18-23-13-12-21(4)31-23/h6-8,10-13,20H,5,9,14-19H2,1-4H3. The summed E-state index contributed by atoms with van der Waals surface area (Å²) in [6.07, 6.45) is 1.18. The Morgan fingerprint density at radius 2 is 1.74 bits per heavy atom. The lowest BCUT2D eigenvalue weighted by Gasteiger charge is -2.28. The van der Waals surface area contributed by atoms with Crippen molar-refractivity contribution in [2.75, 3.05) is 26.3 Å². The number of hydrogen-bond donors (Lipinski definition) is 0. The summed E-state index contributed by atoms with van der Waals surface area (Å²) in [5.41, 5.74) is 1.08. The van der Waals surface area contributed by atoms with E-state index >= 15 is 0 Å². The van der Waals surface area contributed by atoms with Crippen molar-refractivity contribution in [3.8, 4) is 0 Å². The summed E-state index contributed by atoms with van der Waals surface area (Å²) >= 11 is 1.71. The quantitative estimate of drug-likeness (QED) is 0.414. The van der Waals surface area contributed by atoms with Crippen molar-refractivity contribution in [3.05, 3.63) is 57.8 Å². The molecule has 0 atom stereocenters. The van der Waals surface area contributed by atoms with Crippen LogP contribution < -0.4 is 0 Å². The zero-order valence-corrected chi connectivity index (χ0v) is 20.1. The van der Waals surface area contributed by atoms with Gasteiger partial charge in [-0.3, -0.25) is 9.59 Å². The third-order valence-electron chi connectivity index (χ3n) is 4.89. The molecule has 5 nitrogen and oxygen atoms in total. The van der Waals surface area contributed by atoms with Gasteiger partial charge in [-0.2, -0.15) is 0 Å². The van der Waals surface area contributed by atoms with E-state index in [0.717, 1.165) is 16.9 Å². The van der Waals surface area contributed by atoms with E-state index in [1.807, 2.05) is 56.0 Å². The number of carbonyl (C=O) groups excluding carboxylic acids is 2. The number of rotatable bonds is 13. The van der Waals surface area contributed by atoms with Crippen LogP contribution >= 0.6 is 11.3 Å². The van der Waals surface area contributed by atoms with Crippen LogP contribution in [-0.2, 0) is 27.4 Å². The highest BCUT2D eigenvalue weighted by Crippen LogP contribution is 2.19. The Labute approximate surface area is 191 Å². The van der Waals surface area contributed by atoms with Gasteiger partial charge in [0.15, 0.2) is 0 Å². The number of amides is 2. The molecule has 0 spiro atoms. The highest BCUT2D eigenvalue weighted by molar-refractivity contribution is 7.11. The fraction of sp³-hybridized carbons (Fsp3) is 0.520. The Kier molecular flexibility index (Phi) is 10.7. The van der Waals surface area contributed by atoms with Crippen LogP contribution in [0.1, 0.15) is 48.9 Å². The molecule has 31 heavy (non-hydrogen) atoms. The normalized spacial score (nSPS) is 11.0. The number of thiophene rings is 1. The molecule has 0 aliphatic carbocycles. The maximum atomic E-state index is 13.4. The summed E-state index contributed by atoms with van der Waals surface area (Å²) in [5, 5.41) is 0. The summed E-state index contributed by atoms with van der Waals surface area (Å²) < 4.78 is 5.43. The minimum Gasteiger partial charge on any atom is -0.382 e. The van der Waals surface area contributed by atoms with E-state index in [4.69, 9.17) is 4.74 Å². The third kappa shape index (κ3) is 9.23. The van der Waals surface area contributed by atoms with Crippen LogP contribution in [0.2, 0.25) is 0 Å². The van der Waals surface area contributed by atoms with Gasteiger partial charge < -0.3 is 14.5 Å². The first-order valence-electron chi connectivity index (χ1n) is 11.1. The first-order chi connectivity index (χ1) is 14.9. The topological polar surface area (TPSA) is 49.9 Å². The fourth-order valence-electron chi connectivity index (χ4n) is 3.33. The van der Waals surface area contributed by atoms with Crippen LogP contribution in [0.25, 0.3) is 0 Å². The van der Waals surface area contributed by atoms with E-state index in [1.54, 1.807) is 16.2 Å². The highest BCUT2D eigenvalue weighted by atomic mass is 32.1. The average Bonchev–Trinajstić information content (AvgIpc) is 3.14. The molecule has 1 aromatic carbocycles. The van der Waals surface area contributed by atoms with E-state index in [0.29, 0.717) is 39.3 Å². The molecule has 0 aliphatic heterocycles. The fourth-order valence-corrected chi connectivity index (χ4v) is 4.24. The minimum atomic E-state index is -0.0246. The lowest BCUT2D eigenvalue weighted by atomic mass is 10.1. The molecule has 2 amide bonds. The second kappa shape index (κ2) is 13.3. The molecule has 2 aromatic rings. The van der Waals surface area contributed by atoms with Gasteiger partial charge in [0.1, 0.15) is 0 Å². The SMILES string of the molecule is CCOCCCN(CC(=O)N(Cc1ccccc1)Cc1ccc(C)s1)C(=O)CC(C)C. The van der Waals surface area contributed by atoms with Gasteiger partial charge in [0.05, 0.1) is 13.1 Å². The van der Waals surface area contributed by atoms with Crippen LogP contribution in [0, 0.1) is 12.8 Å². The van der Waals surface area contributed by atoms with Crippen molar-refractivity contribution >= 4 is 23.2 Å². The van der Waals surface area contributed by atoms with Gasteiger partial charge in [-0.15, -0.1) is 11.3 Å². The van der Waals surface area contributed by atoms with Crippen molar-refractivity contribution in [3.63, 3.8) is 0 Å². The zero-order valence-electron chi connectivity index (χ0n) is 19.3. The average molecular weight is 445 g/mol. The molecule has 2 rings (SSSR count). The van der Waals surface area contributed by atoms with Gasteiger partial charge in [0.2, 0.25) is 11.8 Å². The lowest BCUT2D eigenvalue weighted by Crippen LogP contribution is -2.43. The second-order valence-electron chi connectivity index (χ2n) is 8.21. The minimum absolute atomic E-state index is 0.0246. The molecule has 0 saturated carbocycles. The van der Waals surface area contributed by atoms with Crippen molar-refractivity contribution < 1.29 is 14.3 Å². The van der Waals surface area contributed by atoms with E-state index in [1.165, 1.54) is 4.88 Å². The van der Waals surface area contributed by atoms with E-state index in [9.17, 15) is 9.59 Å². The number of nitrogens with zero attached hydrogens (tertiary/aromatic N) is 2. The Bertz CT molecular complexity index is 804. The highest BCUT2D eigenvalue weighted by Gasteiger charge is 2.22. The Hall–Kier alpha value is -2.18. The lowest BCUT2D eigenvalue weighted by molar-refractivity contribution is -0.141. The Morgan fingerprint density at radius 3 is 2.35 bits per heavy atom. The molecule has 0 aliphatic rings. The first-order valence-corrected chi connectivity index (χ1v) is 11.9. The maximum absolute atomic E-state index is 13.4. The van der Waals surface area contributed by atoms with Crippen LogP contribution in [0.5, 0.6) is 0 Å². The maximum Gasteiger partial charge on any atom is 0.242 e. The monoisotopic (exact) mass is 444 g/mol. The molecule has 170 valence electrons. The zero-order chi connectivity index (χ0) is 22.6. The van der Waals surface area contributed by atoms with E-state index < -0.39 is 0 Å². The van der Waals surface area contributed by atoms with Gasteiger partial charge in [0, 0.05) is 42.5 Å².